The van der Waals surface area contributed by atoms with Gasteiger partial charge in [0.25, 0.3) is 0 Å². The highest BCUT2D eigenvalue weighted by Gasteiger charge is 2.34. The molecule has 0 radical (unpaired) electrons. The highest BCUT2D eigenvalue weighted by molar-refractivity contribution is 5.82. The van der Waals surface area contributed by atoms with E-state index in [1.807, 2.05) is 16.9 Å². The fourth-order valence-corrected chi connectivity index (χ4v) is 4.98. The summed E-state index contributed by atoms with van der Waals surface area (Å²) in [6.07, 6.45) is 1.91. The van der Waals surface area contributed by atoms with E-state index in [0.29, 0.717) is 0 Å². The van der Waals surface area contributed by atoms with Gasteiger partial charge < -0.3 is 4.90 Å². The third-order valence-electron chi connectivity index (χ3n) is 6.74. The maximum atomic E-state index is 4.61. The Labute approximate surface area is 201 Å². The Morgan fingerprint density at radius 2 is 1.68 bits per heavy atom. The predicted octanol–water partition coefficient (Wildman–Crippen LogP) is 4.50. The number of para-hydroxylation sites is 1. The molecule has 176 valence electrons. The molecule has 1 atom stereocenters. The Hall–Kier alpha value is -3.32. The summed E-state index contributed by atoms with van der Waals surface area (Å²) < 4.78 is 1.98. The van der Waals surface area contributed by atoms with Crippen LogP contribution in [0.4, 0.5) is 5.69 Å². The lowest BCUT2D eigenvalue weighted by atomic mass is 9.98. The number of hydrogen-bond acceptors (Lipinski definition) is 6. The number of tetrazole rings is 1. The molecule has 7 heteroatoms. The zero-order valence-electron chi connectivity index (χ0n) is 20.7. The fourth-order valence-electron chi connectivity index (χ4n) is 4.98. The molecule has 1 aliphatic heterocycles. The lowest BCUT2D eigenvalue weighted by Crippen LogP contribution is -2.49. The molecule has 1 aliphatic rings. The number of fused-ring (bicyclic) bond motifs is 1. The van der Waals surface area contributed by atoms with Gasteiger partial charge in [0.15, 0.2) is 5.82 Å². The Morgan fingerprint density at radius 3 is 2.44 bits per heavy atom. The third-order valence-corrected chi connectivity index (χ3v) is 6.74. The molecule has 7 nitrogen and oxygen atoms in total. The molecule has 2 aromatic heterocycles. The van der Waals surface area contributed by atoms with Gasteiger partial charge in [0, 0.05) is 43.4 Å². The number of nitrogens with zero attached hydrogens (tertiary/aromatic N) is 7. The van der Waals surface area contributed by atoms with Crippen LogP contribution in [0.2, 0.25) is 0 Å². The molecular weight excluding hydrogens is 422 g/mol. The van der Waals surface area contributed by atoms with Crippen LogP contribution in [-0.4, -0.2) is 56.3 Å². The quantitative estimate of drug-likeness (QED) is 0.451. The second-order valence-electron chi connectivity index (χ2n) is 10.3. The smallest absolute Gasteiger partial charge is 0.173 e. The summed E-state index contributed by atoms with van der Waals surface area (Å²) >= 11 is 0. The van der Waals surface area contributed by atoms with Gasteiger partial charge in [-0.2, -0.15) is 0 Å². The van der Waals surface area contributed by atoms with E-state index in [1.54, 1.807) is 0 Å². The zero-order chi connectivity index (χ0) is 23.9. The van der Waals surface area contributed by atoms with Gasteiger partial charge in [-0.3, -0.25) is 9.88 Å². The zero-order valence-corrected chi connectivity index (χ0v) is 20.7. The Morgan fingerprint density at radius 1 is 0.912 bits per heavy atom. The summed E-state index contributed by atoms with van der Waals surface area (Å²) in [5.74, 6) is 0.879. The summed E-state index contributed by atoms with van der Waals surface area (Å²) in [6.45, 7) is 14.6. The minimum atomic E-state index is -0.222. The Bertz CT molecular complexity index is 1290. The van der Waals surface area contributed by atoms with Gasteiger partial charge in [0.2, 0.25) is 0 Å². The number of piperazine rings is 1. The van der Waals surface area contributed by atoms with Crippen molar-refractivity contribution in [2.75, 3.05) is 31.1 Å². The van der Waals surface area contributed by atoms with Crippen LogP contribution in [-0.2, 0) is 5.54 Å². The first-order valence-electron chi connectivity index (χ1n) is 12.0. The Balaban J connectivity index is 1.54. The lowest BCUT2D eigenvalue weighted by Gasteiger charge is -2.41. The first kappa shape index (κ1) is 22.5. The van der Waals surface area contributed by atoms with E-state index in [0.717, 1.165) is 42.9 Å². The minimum Gasteiger partial charge on any atom is -0.369 e. The number of aryl methyl sites for hydroxylation is 2. The predicted molar refractivity (Wildman–Crippen MR) is 136 cm³/mol. The molecule has 0 spiro atoms. The largest absolute Gasteiger partial charge is 0.369 e. The summed E-state index contributed by atoms with van der Waals surface area (Å²) in [5.41, 5.74) is 5.94. The number of hydrogen-bond donors (Lipinski definition) is 0. The van der Waals surface area contributed by atoms with Crippen molar-refractivity contribution in [3.63, 3.8) is 0 Å². The SMILES string of the molecule is Cc1ccc(C)c(N2CCN(C(c3ccnc4ccccc34)c3nnnn3C(C)(C)C)CC2)c1. The van der Waals surface area contributed by atoms with Gasteiger partial charge in [0.1, 0.15) is 0 Å². The topological polar surface area (TPSA) is 63.0 Å². The molecule has 3 heterocycles. The van der Waals surface area contributed by atoms with E-state index in [1.165, 1.54) is 22.4 Å². The first-order chi connectivity index (χ1) is 16.3. The van der Waals surface area contributed by atoms with Crippen LogP contribution >= 0.6 is 0 Å². The van der Waals surface area contributed by atoms with Gasteiger partial charge >= 0.3 is 0 Å². The molecule has 0 amide bonds. The molecule has 0 aliphatic carbocycles. The van der Waals surface area contributed by atoms with Crippen LogP contribution in [0.3, 0.4) is 0 Å². The molecule has 1 fully saturated rings. The molecule has 0 saturated carbocycles. The summed E-state index contributed by atoms with van der Waals surface area (Å²) in [7, 11) is 0. The molecule has 0 bridgehead atoms. The van der Waals surface area contributed by atoms with Crippen molar-refractivity contribution >= 4 is 16.6 Å². The third kappa shape index (κ3) is 4.16. The van der Waals surface area contributed by atoms with Crippen molar-refractivity contribution in [1.29, 1.82) is 0 Å². The maximum absolute atomic E-state index is 4.61. The minimum absolute atomic E-state index is 0.0529. The molecule has 5 rings (SSSR count). The number of rotatable bonds is 4. The number of pyridine rings is 1. The van der Waals surface area contributed by atoms with Crippen molar-refractivity contribution in [2.24, 2.45) is 0 Å². The molecule has 1 unspecified atom stereocenters. The molecule has 1 saturated heterocycles. The molecule has 2 aromatic carbocycles. The van der Waals surface area contributed by atoms with E-state index < -0.39 is 0 Å². The van der Waals surface area contributed by atoms with Crippen LogP contribution in [0, 0.1) is 13.8 Å². The van der Waals surface area contributed by atoms with E-state index in [9.17, 15) is 0 Å². The van der Waals surface area contributed by atoms with Crippen LogP contribution < -0.4 is 4.90 Å². The van der Waals surface area contributed by atoms with Crippen molar-refractivity contribution in [1.82, 2.24) is 30.1 Å². The number of benzene rings is 2. The first-order valence-corrected chi connectivity index (χ1v) is 12.0. The van der Waals surface area contributed by atoms with Gasteiger partial charge in [-0.25, -0.2) is 4.68 Å². The van der Waals surface area contributed by atoms with E-state index in [4.69, 9.17) is 0 Å². The second-order valence-corrected chi connectivity index (χ2v) is 10.3. The highest BCUT2D eigenvalue weighted by atomic mass is 15.6. The lowest BCUT2D eigenvalue weighted by molar-refractivity contribution is 0.192. The van der Waals surface area contributed by atoms with Crippen LogP contribution in [0.15, 0.2) is 54.7 Å². The van der Waals surface area contributed by atoms with Crippen molar-refractivity contribution in [3.05, 3.63) is 77.2 Å². The van der Waals surface area contributed by atoms with Crippen molar-refractivity contribution in [3.8, 4) is 0 Å². The van der Waals surface area contributed by atoms with Gasteiger partial charge in [-0.1, -0.05) is 30.3 Å². The van der Waals surface area contributed by atoms with Crippen LogP contribution in [0.1, 0.15) is 49.3 Å². The molecular formula is C27H33N7. The Kier molecular flexibility index (Phi) is 5.81. The standard InChI is InChI=1S/C27H33N7/c1-19-10-11-20(2)24(18-19)32-14-16-33(17-15-32)25(26-29-30-31-34(26)27(3,4)5)22-12-13-28-23-9-7-6-8-21(22)23/h6-13,18,25H,14-17H2,1-5H3. The highest BCUT2D eigenvalue weighted by Crippen LogP contribution is 2.35. The monoisotopic (exact) mass is 455 g/mol. The fraction of sp³-hybridized carbons (Fsp3) is 0.407. The second kappa shape index (κ2) is 8.80. The normalized spacial score (nSPS) is 16.2. The van der Waals surface area contributed by atoms with Crippen molar-refractivity contribution in [2.45, 2.75) is 46.2 Å². The van der Waals surface area contributed by atoms with E-state index >= 15 is 0 Å². The van der Waals surface area contributed by atoms with Crippen LogP contribution in [0.5, 0.6) is 0 Å². The van der Waals surface area contributed by atoms with Crippen LogP contribution in [0.25, 0.3) is 10.9 Å². The van der Waals surface area contributed by atoms with Gasteiger partial charge in [-0.15, -0.1) is 5.10 Å². The van der Waals surface area contributed by atoms with Gasteiger partial charge in [-0.05, 0) is 79.9 Å². The van der Waals surface area contributed by atoms with Crippen molar-refractivity contribution < 1.29 is 0 Å². The maximum Gasteiger partial charge on any atom is 0.173 e. The average Bonchev–Trinajstić information content (AvgIpc) is 3.32. The average molecular weight is 456 g/mol. The summed E-state index contributed by atoms with van der Waals surface area (Å²) in [6, 6.07) is 17.1. The number of aromatic nitrogens is 5. The molecule has 4 aromatic rings. The number of anilines is 1. The molecule has 0 N–H and O–H groups in total. The summed E-state index contributed by atoms with van der Waals surface area (Å²) in [5, 5.41) is 14.2. The summed E-state index contributed by atoms with van der Waals surface area (Å²) in [4.78, 5) is 9.64. The molecule has 34 heavy (non-hydrogen) atoms. The van der Waals surface area contributed by atoms with E-state index in [2.05, 4.69) is 107 Å². The van der Waals surface area contributed by atoms with E-state index in [-0.39, 0.29) is 11.6 Å². The van der Waals surface area contributed by atoms with Gasteiger partial charge in [0.05, 0.1) is 17.1 Å².